The number of amides is 6. The van der Waals surface area contributed by atoms with Crippen LogP contribution < -0.4 is 32.3 Å². The molecule has 0 fully saturated rings. The second-order valence-corrected chi connectivity index (χ2v) is 16.1. The van der Waals surface area contributed by atoms with Crippen LogP contribution in [0.5, 0.6) is 0 Å². The van der Waals surface area contributed by atoms with Crippen LogP contribution >= 0.6 is 0 Å². The molecule has 372 valence electrons. The summed E-state index contributed by atoms with van der Waals surface area (Å²) in [6.07, 6.45) is 2.40. The fraction of sp³-hybridized carbons (Fsp3) is 0.682. The van der Waals surface area contributed by atoms with E-state index in [-0.39, 0.29) is 74.2 Å². The van der Waals surface area contributed by atoms with Gasteiger partial charge in [0.15, 0.2) is 5.78 Å². The Morgan fingerprint density at radius 1 is 0.788 bits per heavy atom. The van der Waals surface area contributed by atoms with Gasteiger partial charge in [0.25, 0.3) is 0 Å². The largest absolute Gasteiger partial charge is 0.445 e. The van der Waals surface area contributed by atoms with Gasteiger partial charge in [0.2, 0.25) is 17.7 Å². The number of primary amides is 1. The van der Waals surface area contributed by atoms with Crippen molar-refractivity contribution >= 4 is 41.3 Å². The van der Waals surface area contributed by atoms with Crippen LogP contribution in [0.3, 0.4) is 0 Å². The molecular formula is C44H74N10O12. The lowest BCUT2D eigenvalue weighted by atomic mass is 10.00. The van der Waals surface area contributed by atoms with Crippen molar-refractivity contribution in [2.45, 2.75) is 98.2 Å². The molecule has 22 heteroatoms. The maximum atomic E-state index is 13.5. The van der Waals surface area contributed by atoms with Crippen molar-refractivity contribution in [2.75, 3.05) is 92.0 Å². The molecule has 1 aromatic heterocycles. The number of nitrogens with zero attached hydrogens (tertiary/aromatic N) is 4. The van der Waals surface area contributed by atoms with Gasteiger partial charge >= 0.3 is 12.1 Å². The van der Waals surface area contributed by atoms with Crippen LogP contribution in [-0.4, -0.2) is 160 Å². The van der Waals surface area contributed by atoms with Gasteiger partial charge in [0.1, 0.15) is 12.3 Å². The number of hydrogen-bond donors (Lipinski definition) is 6. The fourth-order valence-electron chi connectivity index (χ4n) is 6.37. The van der Waals surface area contributed by atoms with E-state index in [1.165, 1.54) is 18.9 Å². The lowest BCUT2D eigenvalue weighted by molar-refractivity contribution is -0.123. The van der Waals surface area contributed by atoms with E-state index in [1.807, 2.05) is 27.7 Å². The van der Waals surface area contributed by atoms with Gasteiger partial charge in [0.05, 0.1) is 90.9 Å². The van der Waals surface area contributed by atoms with Crippen molar-refractivity contribution < 1.29 is 57.2 Å². The van der Waals surface area contributed by atoms with Crippen LogP contribution in [0.2, 0.25) is 0 Å². The van der Waals surface area contributed by atoms with E-state index in [0.29, 0.717) is 102 Å². The molecule has 2 rings (SSSR count). The van der Waals surface area contributed by atoms with Crippen LogP contribution in [-0.2, 0) is 67.4 Å². The van der Waals surface area contributed by atoms with Crippen LogP contribution in [0.15, 0.2) is 30.5 Å². The average Bonchev–Trinajstić information content (AvgIpc) is 3.73. The Balaban J connectivity index is 1.72. The molecule has 0 saturated carbocycles. The van der Waals surface area contributed by atoms with Crippen LogP contribution in [0, 0.1) is 11.8 Å². The minimum atomic E-state index is -0.677. The maximum absolute atomic E-state index is 13.5. The van der Waals surface area contributed by atoms with E-state index in [1.54, 1.807) is 42.2 Å². The van der Waals surface area contributed by atoms with Crippen LogP contribution in [0.25, 0.3) is 0 Å². The highest BCUT2D eigenvalue weighted by Gasteiger charge is 2.28. The highest BCUT2D eigenvalue weighted by molar-refractivity contribution is 5.94. The second kappa shape index (κ2) is 33.2. The van der Waals surface area contributed by atoms with Crippen molar-refractivity contribution in [3.05, 3.63) is 41.7 Å². The van der Waals surface area contributed by atoms with Gasteiger partial charge in [-0.05, 0) is 49.3 Å². The molecule has 3 atom stereocenters. The smallest absolute Gasteiger partial charge is 0.410 e. The SMILES string of the molecule is CNC(=O)CCOCCOCCOCCOCCn1cc(COCCC(=O)NC(CNC(CCCNC(N)=O)C(=O)Nc2ccc(COC(=O)N(C)C(C(C)=O)C(C)C)cc2)C(C)C)nn1. The Kier molecular flexibility index (Phi) is 28.6. The van der Waals surface area contributed by atoms with E-state index in [0.717, 1.165) is 0 Å². The standard InChI is InChI=1S/C44H74N10O12/c1-31(2)38(50-40(57)15-19-65-30-36-28-54(52-51-36)17-20-62-22-24-64-26-25-63-23-21-61-18-14-39(56)46-6)27-48-37(9-8-16-47-43(45)59)42(58)49-35-12-10-34(11-13-35)29-66-44(60)53(7)41(32(3)4)33(5)55/h10-13,28,31-32,37-38,41,48H,8-9,14-27,29-30H2,1-7H3,(H,46,56)(H,49,58)(H,50,57)(H3,45,47,59). The second-order valence-electron chi connectivity index (χ2n) is 16.1. The van der Waals surface area contributed by atoms with Crippen molar-refractivity contribution in [1.29, 1.82) is 0 Å². The molecule has 0 aliphatic carbocycles. The summed E-state index contributed by atoms with van der Waals surface area (Å²) in [5.74, 6) is -0.761. The number of carbonyl (C=O) groups excluding carboxylic acids is 6. The van der Waals surface area contributed by atoms with Crippen LogP contribution in [0.1, 0.15) is 71.6 Å². The maximum Gasteiger partial charge on any atom is 0.410 e. The number of carbonyl (C=O) groups is 6. The molecule has 2 aromatic rings. The number of ether oxygens (including phenoxy) is 6. The Hall–Kier alpha value is -5.26. The molecule has 0 aliphatic rings. The number of rotatable bonds is 36. The average molecular weight is 935 g/mol. The fourth-order valence-corrected chi connectivity index (χ4v) is 6.37. The summed E-state index contributed by atoms with van der Waals surface area (Å²) in [7, 11) is 3.12. The van der Waals surface area contributed by atoms with E-state index >= 15 is 0 Å². The third-order valence-corrected chi connectivity index (χ3v) is 10.0. The summed E-state index contributed by atoms with van der Waals surface area (Å²) in [5, 5.41) is 22.5. The number of urea groups is 1. The highest BCUT2D eigenvalue weighted by Crippen LogP contribution is 2.15. The van der Waals surface area contributed by atoms with Gasteiger partial charge in [0, 0.05) is 51.8 Å². The molecule has 0 aliphatic heterocycles. The van der Waals surface area contributed by atoms with E-state index < -0.39 is 24.2 Å². The van der Waals surface area contributed by atoms with Crippen molar-refractivity contribution in [2.24, 2.45) is 17.6 Å². The van der Waals surface area contributed by atoms with Crippen molar-refractivity contribution in [3.8, 4) is 0 Å². The molecule has 0 saturated heterocycles. The van der Waals surface area contributed by atoms with Crippen LogP contribution in [0.4, 0.5) is 15.3 Å². The normalized spacial score (nSPS) is 12.6. The molecular weight excluding hydrogens is 861 g/mol. The molecule has 0 bridgehead atoms. The summed E-state index contributed by atoms with van der Waals surface area (Å²) in [6, 6.07) is 4.60. The van der Waals surface area contributed by atoms with Gasteiger partial charge in [-0.25, -0.2) is 14.3 Å². The number of anilines is 1. The predicted molar refractivity (Wildman–Crippen MR) is 244 cm³/mol. The number of Topliss-reactive ketones (excluding diaryl/α,β-unsaturated/α-hetero) is 1. The third-order valence-electron chi connectivity index (χ3n) is 10.0. The zero-order chi connectivity index (χ0) is 48.7. The summed E-state index contributed by atoms with van der Waals surface area (Å²) in [4.78, 5) is 74.8. The van der Waals surface area contributed by atoms with Crippen molar-refractivity contribution in [1.82, 2.24) is 41.2 Å². The zero-order valence-electron chi connectivity index (χ0n) is 39.8. The number of likely N-dealkylation sites (N-methyl/N-ethyl adjacent to an activating group) is 1. The molecule has 1 heterocycles. The molecule has 66 heavy (non-hydrogen) atoms. The number of nitrogens with two attached hydrogens (primary N) is 1. The molecule has 7 N–H and O–H groups in total. The quantitative estimate of drug-likeness (QED) is 0.0531. The first-order valence-corrected chi connectivity index (χ1v) is 22.4. The van der Waals surface area contributed by atoms with Gasteiger partial charge < -0.3 is 65.6 Å². The predicted octanol–water partition coefficient (Wildman–Crippen LogP) is 1.76. The van der Waals surface area contributed by atoms with E-state index in [9.17, 15) is 28.8 Å². The molecule has 0 spiro atoms. The Morgan fingerprint density at radius 2 is 1.39 bits per heavy atom. The summed E-state index contributed by atoms with van der Waals surface area (Å²) >= 11 is 0. The lowest BCUT2D eigenvalue weighted by Crippen LogP contribution is -2.50. The minimum absolute atomic E-state index is 0.0221. The van der Waals surface area contributed by atoms with Gasteiger partial charge in [-0.2, -0.15) is 0 Å². The molecule has 6 amide bonds. The molecule has 22 nitrogen and oxygen atoms in total. The molecule has 1 aromatic carbocycles. The van der Waals surface area contributed by atoms with E-state index in [2.05, 4.69) is 36.9 Å². The number of ketones is 1. The van der Waals surface area contributed by atoms with Gasteiger partial charge in [-0.15, -0.1) is 5.10 Å². The highest BCUT2D eigenvalue weighted by atomic mass is 16.6. The number of aromatic nitrogens is 3. The van der Waals surface area contributed by atoms with E-state index in [4.69, 9.17) is 34.2 Å². The zero-order valence-corrected chi connectivity index (χ0v) is 39.8. The number of benzene rings is 1. The number of hydrogen-bond acceptors (Lipinski definition) is 15. The summed E-state index contributed by atoms with van der Waals surface area (Å²) in [5.41, 5.74) is 7.04. The molecule has 3 unspecified atom stereocenters. The monoisotopic (exact) mass is 935 g/mol. The first kappa shape index (κ1) is 56.9. The first-order valence-electron chi connectivity index (χ1n) is 22.4. The van der Waals surface area contributed by atoms with Gasteiger partial charge in [-0.3, -0.25) is 19.2 Å². The third kappa shape index (κ3) is 24.9. The summed E-state index contributed by atoms with van der Waals surface area (Å²) < 4.78 is 34.6. The lowest BCUT2D eigenvalue weighted by Gasteiger charge is -2.28. The topological polar surface area (TPSA) is 278 Å². The van der Waals surface area contributed by atoms with Crippen molar-refractivity contribution in [3.63, 3.8) is 0 Å². The summed E-state index contributed by atoms with van der Waals surface area (Å²) in [6.45, 7) is 13.8. The molecule has 0 radical (unpaired) electrons. The van der Waals surface area contributed by atoms with Gasteiger partial charge in [-0.1, -0.05) is 45.0 Å². The Labute approximate surface area is 388 Å². The first-order chi connectivity index (χ1) is 31.6. The minimum Gasteiger partial charge on any atom is -0.445 e. The Bertz CT molecular complexity index is 1730. The number of nitrogens with one attached hydrogen (secondary N) is 5. The Morgan fingerprint density at radius 3 is 1.98 bits per heavy atom.